The number of carbonyl (C=O) groups is 1. The first-order chi connectivity index (χ1) is 7.18. The Bertz CT molecular complexity index is 504. The molecule has 0 atom stereocenters. The molecule has 0 bridgehead atoms. The molecule has 5 nitrogen and oxygen atoms in total. The van der Waals surface area contributed by atoms with Crippen LogP contribution in [-0.2, 0) is 0 Å². The SMILES string of the molecule is Cc1ccnc(-n2nccc2C(N)=O)c1. The van der Waals surface area contributed by atoms with Crippen molar-refractivity contribution in [1.82, 2.24) is 14.8 Å². The second-order valence-corrected chi connectivity index (χ2v) is 3.18. The van der Waals surface area contributed by atoms with Crippen molar-refractivity contribution in [3.8, 4) is 5.82 Å². The number of rotatable bonds is 2. The Kier molecular flexibility index (Phi) is 2.21. The fourth-order valence-electron chi connectivity index (χ4n) is 1.31. The molecule has 0 radical (unpaired) electrons. The van der Waals surface area contributed by atoms with Gasteiger partial charge in [-0.15, -0.1) is 0 Å². The molecule has 0 aliphatic carbocycles. The van der Waals surface area contributed by atoms with E-state index in [-0.39, 0.29) is 0 Å². The highest BCUT2D eigenvalue weighted by Crippen LogP contribution is 2.08. The number of hydrogen-bond acceptors (Lipinski definition) is 3. The lowest BCUT2D eigenvalue weighted by Gasteiger charge is -2.03. The lowest BCUT2D eigenvalue weighted by molar-refractivity contribution is 0.0993. The van der Waals surface area contributed by atoms with E-state index < -0.39 is 5.91 Å². The first-order valence-corrected chi connectivity index (χ1v) is 4.45. The minimum Gasteiger partial charge on any atom is -0.364 e. The average molecular weight is 202 g/mol. The largest absolute Gasteiger partial charge is 0.364 e. The number of aromatic nitrogens is 3. The molecule has 5 heteroatoms. The molecule has 0 unspecified atom stereocenters. The molecular weight excluding hydrogens is 192 g/mol. The van der Waals surface area contributed by atoms with Crippen molar-refractivity contribution in [3.05, 3.63) is 41.9 Å². The quantitative estimate of drug-likeness (QED) is 0.778. The molecule has 0 aromatic carbocycles. The Balaban J connectivity index is 2.54. The van der Waals surface area contributed by atoms with Crippen LogP contribution in [0.1, 0.15) is 16.1 Å². The van der Waals surface area contributed by atoms with Gasteiger partial charge in [0.15, 0.2) is 5.82 Å². The summed E-state index contributed by atoms with van der Waals surface area (Å²) in [4.78, 5) is 15.2. The van der Waals surface area contributed by atoms with Crippen LogP contribution in [0.25, 0.3) is 5.82 Å². The Hall–Kier alpha value is -2.17. The highest BCUT2D eigenvalue weighted by atomic mass is 16.1. The third-order valence-corrected chi connectivity index (χ3v) is 2.01. The molecule has 0 spiro atoms. The number of amides is 1. The van der Waals surface area contributed by atoms with Gasteiger partial charge < -0.3 is 5.73 Å². The molecule has 1 amide bonds. The van der Waals surface area contributed by atoms with E-state index in [1.807, 2.05) is 19.1 Å². The highest BCUT2D eigenvalue weighted by Gasteiger charge is 2.10. The number of aryl methyl sites for hydroxylation is 1. The Labute approximate surface area is 86.5 Å². The molecule has 0 saturated heterocycles. The Morgan fingerprint density at radius 2 is 2.20 bits per heavy atom. The maximum Gasteiger partial charge on any atom is 0.267 e. The minimum absolute atomic E-state index is 0.327. The van der Waals surface area contributed by atoms with Gasteiger partial charge >= 0.3 is 0 Å². The van der Waals surface area contributed by atoms with Crippen LogP contribution in [0.2, 0.25) is 0 Å². The fraction of sp³-hybridized carbons (Fsp3) is 0.100. The molecule has 2 N–H and O–H groups in total. The number of hydrogen-bond donors (Lipinski definition) is 1. The van der Waals surface area contributed by atoms with Crippen LogP contribution in [0.4, 0.5) is 0 Å². The van der Waals surface area contributed by atoms with E-state index in [4.69, 9.17) is 5.73 Å². The van der Waals surface area contributed by atoms with E-state index in [9.17, 15) is 4.79 Å². The van der Waals surface area contributed by atoms with Gasteiger partial charge in [0, 0.05) is 6.20 Å². The van der Waals surface area contributed by atoms with Gasteiger partial charge in [-0.3, -0.25) is 4.79 Å². The molecule has 2 aromatic rings. The van der Waals surface area contributed by atoms with Crippen LogP contribution in [-0.4, -0.2) is 20.7 Å². The monoisotopic (exact) mass is 202 g/mol. The highest BCUT2D eigenvalue weighted by molar-refractivity contribution is 5.91. The van der Waals surface area contributed by atoms with Gasteiger partial charge in [-0.25, -0.2) is 9.67 Å². The fourth-order valence-corrected chi connectivity index (χ4v) is 1.31. The normalized spacial score (nSPS) is 10.2. The third-order valence-electron chi connectivity index (χ3n) is 2.01. The smallest absolute Gasteiger partial charge is 0.267 e. The summed E-state index contributed by atoms with van der Waals surface area (Å²) in [7, 11) is 0. The second-order valence-electron chi connectivity index (χ2n) is 3.18. The number of primary amides is 1. The predicted octanol–water partition coefficient (Wildman–Crippen LogP) is 0.675. The Morgan fingerprint density at radius 3 is 2.87 bits per heavy atom. The molecule has 0 aliphatic heterocycles. The maximum atomic E-state index is 11.1. The molecular formula is C10H10N4O. The standard InChI is InChI=1S/C10H10N4O/c1-7-2-4-12-9(6-7)14-8(10(11)15)3-5-13-14/h2-6H,1H3,(H2,11,15). The van der Waals surface area contributed by atoms with Gasteiger partial charge in [0.05, 0.1) is 6.20 Å². The van der Waals surface area contributed by atoms with Gasteiger partial charge in [-0.05, 0) is 30.7 Å². The van der Waals surface area contributed by atoms with E-state index in [2.05, 4.69) is 10.1 Å². The van der Waals surface area contributed by atoms with E-state index in [0.29, 0.717) is 11.5 Å². The predicted molar refractivity (Wildman–Crippen MR) is 54.6 cm³/mol. The van der Waals surface area contributed by atoms with E-state index in [1.54, 1.807) is 12.3 Å². The van der Waals surface area contributed by atoms with Crippen LogP contribution in [0.5, 0.6) is 0 Å². The Morgan fingerprint density at radius 1 is 1.40 bits per heavy atom. The lowest BCUT2D eigenvalue weighted by atomic mass is 10.3. The summed E-state index contributed by atoms with van der Waals surface area (Å²) in [5, 5.41) is 4.00. The van der Waals surface area contributed by atoms with Crippen molar-refractivity contribution >= 4 is 5.91 Å². The summed E-state index contributed by atoms with van der Waals surface area (Å²) in [6.07, 6.45) is 3.18. The van der Waals surface area contributed by atoms with Crippen molar-refractivity contribution in [1.29, 1.82) is 0 Å². The van der Waals surface area contributed by atoms with Gasteiger partial charge in [0.25, 0.3) is 5.91 Å². The van der Waals surface area contributed by atoms with Gasteiger partial charge in [-0.2, -0.15) is 5.10 Å². The molecule has 76 valence electrons. The second kappa shape index (κ2) is 3.53. The zero-order chi connectivity index (χ0) is 10.8. The summed E-state index contributed by atoms with van der Waals surface area (Å²) in [5.41, 5.74) is 6.58. The molecule has 0 aliphatic rings. The number of pyridine rings is 1. The summed E-state index contributed by atoms with van der Waals surface area (Å²) in [6, 6.07) is 5.27. The summed E-state index contributed by atoms with van der Waals surface area (Å²) in [5.74, 6) is 0.0737. The zero-order valence-corrected chi connectivity index (χ0v) is 8.21. The van der Waals surface area contributed by atoms with Crippen molar-refractivity contribution in [2.24, 2.45) is 5.73 Å². The van der Waals surface area contributed by atoms with Crippen LogP contribution < -0.4 is 5.73 Å². The first kappa shape index (κ1) is 9.39. The van der Waals surface area contributed by atoms with Crippen molar-refractivity contribution in [3.63, 3.8) is 0 Å². The summed E-state index contributed by atoms with van der Waals surface area (Å²) < 4.78 is 1.43. The zero-order valence-electron chi connectivity index (χ0n) is 8.21. The van der Waals surface area contributed by atoms with Gasteiger partial charge in [0.1, 0.15) is 5.69 Å². The average Bonchev–Trinajstić information content (AvgIpc) is 2.65. The molecule has 2 heterocycles. The van der Waals surface area contributed by atoms with E-state index in [1.165, 1.54) is 10.9 Å². The number of nitrogens with two attached hydrogens (primary N) is 1. The molecule has 2 aromatic heterocycles. The molecule has 2 rings (SSSR count). The van der Waals surface area contributed by atoms with Crippen molar-refractivity contribution in [2.75, 3.05) is 0 Å². The third kappa shape index (κ3) is 1.71. The first-order valence-electron chi connectivity index (χ1n) is 4.45. The van der Waals surface area contributed by atoms with Crippen molar-refractivity contribution < 1.29 is 4.79 Å². The number of carbonyl (C=O) groups excluding carboxylic acids is 1. The topological polar surface area (TPSA) is 73.8 Å². The van der Waals surface area contributed by atoms with E-state index in [0.717, 1.165) is 5.56 Å². The summed E-state index contributed by atoms with van der Waals surface area (Å²) in [6.45, 7) is 1.94. The van der Waals surface area contributed by atoms with Gasteiger partial charge in [-0.1, -0.05) is 0 Å². The molecule has 15 heavy (non-hydrogen) atoms. The van der Waals surface area contributed by atoms with Crippen LogP contribution in [0.3, 0.4) is 0 Å². The maximum absolute atomic E-state index is 11.1. The van der Waals surface area contributed by atoms with Crippen LogP contribution in [0.15, 0.2) is 30.6 Å². The number of nitrogens with zero attached hydrogens (tertiary/aromatic N) is 3. The van der Waals surface area contributed by atoms with Crippen LogP contribution in [0, 0.1) is 6.92 Å². The molecule has 0 saturated carbocycles. The minimum atomic E-state index is -0.518. The van der Waals surface area contributed by atoms with Gasteiger partial charge in [0.2, 0.25) is 0 Å². The summed E-state index contributed by atoms with van der Waals surface area (Å²) >= 11 is 0. The van der Waals surface area contributed by atoms with Crippen molar-refractivity contribution in [2.45, 2.75) is 6.92 Å². The van der Waals surface area contributed by atoms with Crippen LogP contribution >= 0.6 is 0 Å². The molecule has 0 fully saturated rings. The lowest BCUT2D eigenvalue weighted by Crippen LogP contribution is -2.17. The van der Waals surface area contributed by atoms with E-state index >= 15 is 0 Å².